The highest BCUT2D eigenvalue weighted by atomic mass is 14.9. The van der Waals surface area contributed by atoms with Gasteiger partial charge < -0.3 is 5.32 Å². The quantitative estimate of drug-likeness (QED) is 0.810. The summed E-state index contributed by atoms with van der Waals surface area (Å²) in [5.74, 6) is 1.57. The Morgan fingerprint density at radius 1 is 1.38 bits per heavy atom. The number of rotatable bonds is 3. The van der Waals surface area contributed by atoms with Crippen LogP contribution in [0.15, 0.2) is 18.2 Å². The molecule has 0 aromatic heterocycles. The number of fused-ring (bicyclic) bond motifs is 1. The maximum Gasteiger partial charge on any atom is 0.0405 e. The fourth-order valence-corrected chi connectivity index (χ4v) is 2.59. The molecule has 1 aliphatic heterocycles. The fraction of sp³-hybridized carbons (Fsp3) is 0.600. The molecule has 0 saturated heterocycles. The molecule has 1 heterocycles. The Bertz CT molecular complexity index is 354. The van der Waals surface area contributed by atoms with Crippen molar-refractivity contribution in [1.29, 1.82) is 0 Å². The van der Waals surface area contributed by atoms with Crippen LogP contribution in [0.25, 0.3) is 0 Å². The first-order valence-electron chi connectivity index (χ1n) is 6.57. The van der Waals surface area contributed by atoms with Crippen LogP contribution in [-0.2, 0) is 12.8 Å². The number of hydrogen-bond acceptors (Lipinski definition) is 1. The summed E-state index contributed by atoms with van der Waals surface area (Å²) >= 11 is 0. The van der Waals surface area contributed by atoms with E-state index in [1.54, 1.807) is 0 Å². The molecule has 1 unspecified atom stereocenters. The van der Waals surface area contributed by atoms with Crippen molar-refractivity contribution in [2.24, 2.45) is 11.8 Å². The van der Waals surface area contributed by atoms with Crippen LogP contribution in [0.2, 0.25) is 0 Å². The number of hydrogen-bond donors (Lipinski definition) is 1. The molecule has 1 aromatic carbocycles. The van der Waals surface area contributed by atoms with Crippen molar-refractivity contribution in [3.63, 3.8) is 0 Å². The second kappa shape index (κ2) is 4.90. The summed E-state index contributed by atoms with van der Waals surface area (Å²) in [6, 6.07) is 6.77. The maximum absolute atomic E-state index is 3.65. The van der Waals surface area contributed by atoms with Crippen molar-refractivity contribution >= 4 is 5.69 Å². The summed E-state index contributed by atoms with van der Waals surface area (Å²) in [5.41, 5.74) is 4.46. The molecule has 0 fully saturated rings. The van der Waals surface area contributed by atoms with Crippen LogP contribution < -0.4 is 5.32 Å². The smallest absolute Gasteiger partial charge is 0.0405 e. The topological polar surface area (TPSA) is 12.0 Å². The second-order valence-corrected chi connectivity index (χ2v) is 5.29. The summed E-state index contributed by atoms with van der Waals surface area (Å²) in [7, 11) is 0. The van der Waals surface area contributed by atoms with Gasteiger partial charge in [0, 0.05) is 12.2 Å². The zero-order valence-electron chi connectivity index (χ0n) is 10.7. The van der Waals surface area contributed by atoms with Gasteiger partial charge >= 0.3 is 0 Å². The van der Waals surface area contributed by atoms with E-state index in [2.05, 4.69) is 44.3 Å². The third-order valence-electron chi connectivity index (χ3n) is 3.72. The van der Waals surface area contributed by atoms with E-state index >= 15 is 0 Å². The first-order valence-corrected chi connectivity index (χ1v) is 6.57. The van der Waals surface area contributed by atoms with Gasteiger partial charge in [0.1, 0.15) is 0 Å². The predicted molar refractivity (Wildman–Crippen MR) is 71.0 cm³/mol. The standard InChI is InChI=1S/C15H23N/c1-4-6-12-7-5-8-13-9-14(11(2)3)10-16-15(12)13/h5,7-8,11,14,16H,4,6,9-10H2,1-3H3. The van der Waals surface area contributed by atoms with Crippen LogP contribution in [0, 0.1) is 11.8 Å². The fourth-order valence-electron chi connectivity index (χ4n) is 2.59. The van der Waals surface area contributed by atoms with Crippen molar-refractivity contribution < 1.29 is 0 Å². The van der Waals surface area contributed by atoms with Crippen molar-refractivity contribution in [3.8, 4) is 0 Å². The first-order chi connectivity index (χ1) is 7.72. The zero-order valence-corrected chi connectivity index (χ0v) is 10.7. The lowest BCUT2D eigenvalue weighted by Crippen LogP contribution is -2.27. The third-order valence-corrected chi connectivity index (χ3v) is 3.72. The number of para-hydroxylation sites is 1. The molecule has 0 saturated carbocycles. The van der Waals surface area contributed by atoms with E-state index in [9.17, 15) is 0 Å². The minimum absolute atomic E-state index is 0.774. The molecule has 1 aromatic rings. The molecule has 0 aliphatic carbocycles. The van der Waals surface area contributed by atoms with Crippen molar-refractivity contribution in [1.82, 2.24) is 0 Å². The van der Waals surface area contributed by atoms with E-state index in [0.717, 1.165) is 18.4 Å². The number of nitrogens with one attached hydrogen (secondary N) is 1. The van der Waals surface area contributed by atoms with Gasteiger partial charge in [0.2, 0.25) is 0 Å². The van der Waals surface area contributed by atoms with Crippen molar-refractivity contribution in [3.05, 3.63) is 29.3 Å². The Morgan fingerprint density at radius 3 is 2.88 bits per heavy atom. The van der Waals surface area contributed by atoms with Gasteiger partial charge in [-0.3, -0.25) is 0 Å². The molecule has 1 N–H and O–H groups in total. The van der Waals surface area contributed by atoms with E-state index in [1.807, 2.05) is 0 Å². The monoisotopic (exact) mass is 217 g/mol. The van der Waals surface area contributed by atoms with Crippen LogP contribution in [0.4, 0.5) is 5.69 Å². The molecule has 0 bridgehead atoms. The van der Waals surface area contributed by atoms with Crippen LogP contribution in [0.3, 0.4) is 0 Å². The van der Waals surface area contributed by atoms with E-state index in [1.165, 1.54) is 36.1 Å². The SMILES string of the molecule is CCCc1cccc2c1NCC(C(C)C)C2. The molecule has 88 valence electrons. The minimum Gasteiger partial charge on any atom is -0.384 e. The Morgan fingerprint density at radius 2 is 2.19 bits per heavy atom. The highest BCUT2D eigenvalue weighted by molar-refractivity contribution is 5.59. The van der Waals surface area contributed by atoms with Gasteiger partial charge in [0.15, 0.2) is 0 Å². The van der Waals surface area contributed by atoms with Crippen molar-refractivity contribution in [2.45, 2.75) is 40.0 Å². The molecule has 0 amide bonds. The molecule has 16 heavy (non-hydrogen) atoms. The summed E-state index contributed by atoms with van der Waals surface area (Å²) in [6.45, 7) is 8.05. The minimum atomic E-state index is 0.774. The first kappa shape index (κ1) is 11.5. The van der Waals surface area contributed by atoms with E-state index in [0.29, 0.717) is 0 Å². The number of benzene rings is 1. The van der Waals surface area contributed by atoms with Crippen LogP contribution >= 0.6 is 0 Å². The molecular weight excluding hydrogens is 194 g/mol. The van der Waals surface area contributed by atoms with Gasteiger partial charge in [-0.2, -0.15) is 0 Å². The van der Waals surface area contributed by atoms with Crippen LogP contribution in [0.1, 0.15) is 38.3 Å². The molecule has 1 heteroatoms. The molecule has 1 nitrogen and oxygen atoms in total. The molecule has 2 rings (SSSR count). The van der Waals surface area contributed by atoms with E-state index < -0.39 is 0 Å². The van der Waals surface area contributed by atoms with E-state index in [-0.39, 0.29) is 0 Å². The average Bonchev–Trinajstić information content (AvgIpc) is 2.29. The lowest BCUT2D eigenvalue weighted by Gasteiger charge is -2.30. The number of anilines is 1. The average molecular weight is 217 g/mol. The van der Waals surface area contributed by atoms with Crippen LogP contribution in [0.5, 0.6) is 0 Å². The third kappa shape index (κ3) is 2.23. The van der Waals surface area contributed by atoms with Gasteiger partial charge in [-0.25, -0.2) is 0 Å². The molecular formula is C15H23N. The van der Waals surface area contributed by atoms with Gasteiger partial charge in [0.25, 0.3) is 0 Å². The second-order valence-electron chi connectivity index (χ2n) is 5.29. The van der Waals surface area contributed by atoms with Crippen LogP contribution in [-0.4, -0.2) is 6.54 Å². The Kier molecular flexibility index (Phi) is 3.52. The molecule has 1 atom stereocenters. The van der Waals surface area contributed by atoms with Gasteiger partial charge in [0.05, 0.1) is 0 Å². The summed E-state index contributed by atoms with van der Waals surface area (Å²) in [4.78, 5) is 0. The van der Waals surface area contributed by atoms with E-state index in [4.69, 9.17) is 0 Å². The Labute approximate surface area is 99.3 Å². The van der Waals surface area contributed by atoms with Gasteiger partial charge in [-0.15, -0.1) is 0 Å². The predicted octanol–water partition coefficient (Wildman–Crippen LogP) is 3.88. The summed E-state index contributed by atoms with van der Waals surface area (Å²) in [5, 5.41) is 3.65. The highest BCUT2D eigenvalue weighted by Crippen LogP contribution is 2.31. The molecule has 0 spiro atoms. The maximum atomic E-state index is 3.65. The largest absolute Gasteiger partial charge is 0.384 e. The Balaban J connectivity index is 2.23. The lowest BCUT2D eigenvalue weighted by atomic mass is 9.84. The summed E-state index contributed by atoms with van der Waals surface area (Å²) in [6.07, 6.45) is 3.67. The Hall–Kier alpha value is -0.980. The zero-order chi connectivity index (χ0) is 11.5. The van der Waals surface area contributed by atoms with Crippen molar-refractivity contribution in [2.75, 3.05) is 11.9 Å². The van der Waals surface area contributed by atoms with Gasteiger partial charge in [-0.05, 0) is 35.8 Å². The lowest BCUT2D eigenvalue weighted by molar-refractivity contribution is 0.393. The number of aryl methyl sites for hydroxylation is 1. The van der Waals surface area contributed by atoms with Gasteiger partial charge in [-0.1, -0.05) is 45.4 Å². The summed E-state index contributed by atoms with van der Waals surface area (Å²) < 4.78 is 0. The highest BCUT2D eigenvalue weighted by Gasteiger charge is 2.21. The molecule has 0 radical (unpaired) electrons. The normalized spacial score (nSPS) is 19.4. The molecule has 1 aliphatic rings.